The van der Waals surface area contributed by atoms with E-state index in [2.05, 4.69) is 48.8 Å². The molecule has 1 amide bonds. The summed E-state index contributed by atoms with van der Waals surface area (Å²) in [6.07, 6.45) is 0. The Hall–Kier alpha value is -1.63. The molecule has 0 spiro atoms. The maximum absolute atomic E-state index is 12.7. The number of amides is 1. The van der Waals surface area contributed by atoms with E-state index in [1.807, 2.05) is 11.8 Å². The molecule has 2 heterocycles. The molecule has 3 rings (SSSR count). The van der Waals surface area contributed by atoms with Crippen molar-refractivity contribution < 1.29 is 14.3 Å². The molecule has 2 aliphatic heterocycles. The van der Waals surface area contributed by atoms with Gasteiger partial charge >= 0.3 is 0 Å². The van der Waals surface area contributed by atoms with Crippen molar-refractivity contribution in [2.75, 3.05) is 65.6 Å². The summed E-state index contributed by atoms with van der Waals surface area (Å²) in [5, 5.41) is 0. The highest BCUT2D eigenvalue weighted by molar-refractivity contribution is 5.81. The fourth-order valence-electron chi connectivity index (χ4n) is 4.26. The Kier molecular flexibility index (Phi) is 7.92. The average molecular weight is 404 g/mol. The number of aryl methyl sites for hydroxylation is 1. The minimum Gasteiger partial charge on any atom is -0.492 e. The van der Waals surface area contributed by atoms with Crippen LogP contribution in [0.4, 0.5) is 0 Å². The van der Waals surface area contributed by atoms with E-state index in [1.54, 1.807) is 0 Å². The monoisotopic (exact) mass is 403 g/mol. The molecule has 2 fully saturated rings. The highest BCUT2D eigenvalue weighted by atomic mass is 16.5. The molecule has 2 aliphatic rings. The van der Waals surface area contributed by atoms with E-state index in [-0.39, 0.29) is 11.9 Å². The third-order valence-corrected chi connectivity index (χ3v) is 6.17. The molecule has 0 saturated carbocycles. The minimum absolute atomic E-state index is 0.0473. The van der Waals surface area contributed by atoms with Gasteiger partial charge in [0.05, 0.1) is 19.3 Å². The first-order valence-electron chi connectivity index (χ1n) is 11.0. The third kappa shape index (κ3) is 5.93. The number of nitrogens with zero attached hydrogens (tertiary/aromatic N) is 3. The van der Waals surface area contributed by atoms with Crippen molar-refractivity contribution >= 4 is 5.91 Å². The maximum Gasteiger partial charge on any atom is 0.239 e. The summed E-state index contributed by atoms with van der Waals surface area (Å²) in [5.74, 6) is 1.73. The van der Waals surface area contributed by atoms with Crippen molar-refractivity contribution in [3.8, 4) is 5.75 Å². The molecule has 6 nitrogen and oxygen atoms in total. The van der Waals surface area contributed by atoms with E-state index in [1.165, 1.54) is 11.1 Å². The van der Waals surface area contributed by atoms with Gasteiger partial charge in [-0.05, 0) is 43.0 Å². The Labute approximate surface area is 175 Å². The van der Waals surface area contributed by atoms with Crippen LogP contribution < -0.4 is 4.74 Å². The highest BCUT2D eigenvalue weighted by Gasteiger charge is 2.29. The molecule has 0 radical (unpaired) electrons. The van der Waals surface area contributed by atoms with Crippen LogP contribution in [0.2, 0.25) is 0 Å². The largest absolute Gasteiger partial charge is 0.492 e. The molecule has 1 aromatic carbocycles. The van der Waals surface area contributed by atoms with Crippen LogP contribution in [0, 0.1) is 6.92 Å². The number of carbonyl (C=O) groups is 1. The summed E-state index contributed by atoms with van der Waals surface area (Å²) in [5.41, 5.74) is 2.68. The summed E-state index contributed by atoms with van der Waals surface area (Å²) >= 11 is 0. The molecule has 1 unspecified atom stereocenters. The van der Waals surface area contributed by atoms with Gasteiger partial charge < -0.3 is 14.4 Å². The fourth-order valence-corrected chi connectivity index (χ4v) is 4.26. The van der Waals surface area contributed by atoms with E-state index in [9.17, 15) is 4.79 Å². The van der Waals surface area contributed by atoms with Gasteiger partial charge in [-0.15, -0.1) is 0 Å². The predicted octanol–water partition coefficient (Wildman–Crippen LogP) is 2.36. The lowest BCUT2D eigenvalue weighted by Crippen LogP contribution is -2.56. The quantitative estimate of drug-likeness (QED) is 0.699. The van der Waals surface area contributed by atoms with Gasteiger partial charge in [0.25, 0.3) is 0 Å². The lowest BCUT2D eigenvalue weighted by atomic mass is 9.98. The Morgan fingerprint density at radius 1 is 1.07 bits per heavy atom. The van der Waals surface area contributed by atoms with Gasteiger partial charge in [0.2, 0.25) is 5.91 Å². The van der Waals surface area contributed by atoms with Crippen LogP contribution in [0.25, 0.3) is 0 Å². The van der Waals surface area contributed by atoms with E-state index in [0.29, 0.717) is 25.7 Å². The fraction of sp³-hybridized carbons (Fsp3) is 0.696. The van der Waals surface area contributed by atoms with Gasteiger partial charge in [-0.25, -0.2) is 0 Å². The van der Waals surface area contributed by atoms with E-state index >= 15 is 0 Å². The average Bonchev–Trinajstić information content (AvgIpc) is 2.73. The first kappa shape index (κ1) is 22.1. The number of hydrogen-bond acceptors (Lipinski definition) is 5. The number of rotatable bonds is 7. The molecule has 0 bridgehead atoms. The summed E-state index contributed by atoms with van der Waals surface area (Å²) in [6.45, 7) is 16.8. The summed E-state index contributed by atoms with van der Waals surface area (Å²) in [4.78, 5) is 19.4. The van der Waals surface area contributed by atoms with Gasteiger partial charge in [-0.3, -0.25) is 14.6 Å². The Morgan fingerprint density at radius 2 is 1.76 bits per heavy atom. The molecule has 0 N–H and O–H groups in total. The number of piperazine rings is 1. The molecule has 2 saturated heterocycles. The van der Waals surface area contributed by atoms with Crippen molar-refractivity contribution in [1.82, 2.24) is 14.7 Å². The molecule has 1 atom stereocenters. The second kappa shape index (κ2) is 10.4. The van der Waals surface area contributed by atoms with Crippen molar-refractivity contribution in [3.05, 3.63) is 29.3 Å². The summed E-state index contributed by atoms with van der Waals surface area (Å²) in [6, 6.07) is 6.36. The molecule has 29 heavy (non-hydrogen) atoms. The minimum atomic E-state index is -0.0473. The first-order chi connectivity index (χ1) is 14.0. The number of benzene rings is 1. The summed E-state index contributed by atoms with van der Waals surface area (Å²) < 4.78 is 11.3. The van der Waals surface area contributed by atoms with E-state index in [4.69, 9.17) is 9.47 Å². The zero-order valence-electron chi connectivity index (χ0n) is 18.5. The SMILES string of the molecule is Cc1cc(OCCN2CCN(C(C)C(=O)N3CCOCC3)CC2)ccc1C(C)C. The van der Waals surface area contributed by atoms with Gasteiger partial charge in [0, 0.05) is 45.8 Å². The number of hydrogen-bond donors (Lipinski definition) is 0. The normalized spacial score (nSPS) is 20.1. The van der Waals surface area contributed by atoms with Gasteiger partial charge in [-0.2, -0.15) is 0 Å². The second-order valence-electron chi connectivity index (χ2n) is 8.51. The second-order valence-corrected chi connectivity index (χ2v) is 8.51. The Balaban J connectivity index is 1.38. The van der Waals surface area contributed by atoms with Crippen LogP contribution in [0.1, 0.15) is 37.8 Å². The van der Waals surface area contributed by atoms with Gasteiger partial charge in [-0.1, -0.05) is 19.9 Å². The lowest BCUT2D eigenvalue weighted by molar-refractivity contribution is -0.141. The Bertz CT molecular complexity index is 665. The van der Waals surface area contributed by atoms with Crippen LogP contribution >= 0.6 is 0 Å². The predicted molar refractivity (Wildman–Crippen MR) is 116 cm³/mol. The third-order valence-electron chi connectivity index (χ3n) is 6.17. The summed E-state index contributed by atoms with van der Waals surface area (Å²) in [7, 11) is 0. The topological polar surface area (TPSA) is 45.2 Å². The number of ether oxygens (including phenoxy) is 2. The molecular weight excluding hydrogens is 366 g/mol. The Morgan fingerprint density at radius 3 is 2.38 bits per heavy atom. The zero-order chi connectivity index (χ0) is 20.8. The van der Waals surface area contributed by atoms with E-state index < -0.39 is 0 Å². The van der Waals surface area contributed by atoms with Crippen LogP contribution in [0.15, 0.2) is 18.2 Å². The molecule has 0 aliphatic carbocycles. The van der Waals surface area contributed by atoms with Crippen LogP contribution in [-0.4, -0.2) is 92.3 Å². The maximum atomic E-state index is 12.7. The number of morpholine rings is 1. The van der Waals surface area contributed by atoms with Gasteiger partial charge in [0.15, 0.2) is 0 Å². The van der Waals surface area contributed by atoms with Crippen molar-refractivity contribution in [1.29, 1.82) is 0 Å². The zero-order valence-corrected chi connectivity index (χ0v) is 18.5. The van der Waals surface area contributed by atoms with Crippen molar-refractivity contribution in [2.45, 2.75) is 39.7 Å². The standard InChI is InChI=1S/C23H37N3O3/c1-18(2)22-6-5-21(17-19(22)3)29-16-11-24-7-9-25(10-8-24)20(4)23(27)26-12-14-28-15-13-26/h5-6,17-18,20H,7-16H2,1-4H3. The number of carbonyl (C=O) groups excluding carboxylic acids is 1. The van der Waals surface area contributed by atoms with E-state index in [0.717, 1.165) is 51.6 Å². The lowest BCUT2D eigenvalue weighted by Gasteiger charge is -2.39. The first-order valence-corrected chi connectivity index (χ1v) is 11.0. The van der Waals surface area contributed by atoms with Crippen LogP contribution in [0.5, 0.6) is 5.75 Å². The smallest absolute Gasteiger partial charge is 0.239 e. The highest BCUT2D eigenvalue weighted by Crippen LogP contribution is 2.23. The molecule has 6 heteroatoms. The van der Waals surface area contributed by atoms with Crippen LogP contribution in [-0.2, 0) is 9.53 Å². The van der Waals surface area contributed by atoms with Crippen LogP contribution in [0.3, 0.4) is 0 Å². The van der Waals surface area contributed by atoms with Gasteiger partial charge in [0.1, 0.15) is 12.4 Å². The molecule has 1 aromatic rings. The molecular formula is C23H37N3O3. The van der Waals surface area contributed by atoms with Crippen molar-refractivity contribution in [2.24, 2.45) is 0 Å². The molecule has 0 aromatic heterocycles. The van der Waals surface area contributed by atoms with Crippen molar-refractivity contribution in [3.63, 3.8) is 0 Å². The molecule has 162 valence electrons.